The summed E-state index contributed by atoms with van der Waals surface area (Å²) in [6.45, 7) is 2.39. The minimum atomic E-state index is 0.189. The number of nitrogens with zero attached hydrogens (tertiary/aromatic N) is 1. The van der Waals surface area contributed by atoms with E-state index in [0.717, 1.165) is 36.1 Å². The lowest BCUT2D eigenvalue weighted by Gasteiger charge is -2.23. The SMILES string of the molecule is NCc1cccc(C(=O)N(CC2CC2)CC2CC2)c1. The van der Waals surface area contributed by atoms with Gasteiger partial charge in [-0.3, -0.25) is 4.79 Å². The molecule has 0 atom stereocenters. The van der Waals surface area contributed by atoms with Crippen LogP contribution in [-0.4, -0.2) is 23.9 Å². The molecule has 0 aliphatic heterocycles. The first-order valence-corrected chi connectivity index (χ1v) is 7.34. The van der Waals surface area contributed by atoms with E-state index in [9.17, 15) is 4.79 Å². The Morgan fingerprint density at radius 1 is 1.16 bits per heavy atom. The van der Waals surface area contributed by atoms with Crippen molar-refractivity contribution in [3.05, 3.63) is 35.4 Å². The molecule has 1 aromatic carbocycles. The molecule has 19 heavy (non-hydrogen) atoms. The Hall–Kier alpha value is -1.35. The van der Waals surface area contributed by atoms with Crippen LogP contribution >= 0.6 is 0 Å². The van der Waals surface area contributed by atoms with E-state index in [0.29, 0.717) is 6.54 Å². The highest BCUT2D eigenvalue weighted by molar-refractivity contribution is 5.94. The molecule has 3 heteroatoms. The Labute approximate surface area is 114 Å². The van der Waals surface area contributed by atoms with E-state index in [2.05, 4.69) is 4.90 Å². The van der Waals surface area contributed by atoms with Crippen molar-refractivity contribution < 1.29 is 4.79 Å². The minimum Gasteiger partial charge on any atom is -0.338 e. The van der Waals surface area contributed by atoms with Gasteiger partial charge in [0.1, 0.15) is 0 Å². The third kappa shape index (κ3) is 3.35. The smallest absolute Gasteiger partial charge is 0.253 e. The number of benzene rings is 1. The highest BCUT2D eigenvalue weighted by Gasteiger charge is 2.31. The fraction of sp³-hybridized carbons (Fsp3) is 0.562. The van der Waals surface area contributed by atoms with Crippen LogP contribution in [0.1, 0.15) is 41.6 Å². The van der Waals surface area contributed by atoms with Crippen LogP contribution in [0.25, 0.3) is 0 Å². The number of hydrogen-bond acceptors (Lipinski definition) is 2. The van der Waals surface area contributed by atoms with Gasteiger partial charge in [0.05, 0.1) is 0 Å². The van der Waals surface area contributed by atoms with Crippen LogP contribution in [0.3, 0.4) is 0 Å². The molecule has 0 heterocycles. The van der Waals surface area contributed by atoms with E-state index in [4.69, 9.17) is 5.73 Å². The number of rotatable bonds is 6. The summed E-state index contributed by atoms with van der Waals surface area (Å²) in [7, 11) is 0. The molecule has 0 unspecified atom stereocenters. The van der Waals surface area contributed by atoms with Crippen LogP contribution in [0.5, 0.6) is 0 Å². The molecule has 2 saturated carbocycles. The maximum Gasteiger partial charge on any atom is 0.253 e. The van der Waals surface area contributed by atoms with E-state index < -0.39 is 0 Å². The standard InChI is InChI=1S/C16H22N2O/c17-9-14-2-1-3-15(8-14)16(19)18(10-12-4-5-12)11-13-6-7-13/h1-3,8,12-13H,4-7,9-11,17H2. The fourth-order valence-corrected chi connectivity index (χ4v) is 2.48. The van der Waals surface area contributed by atoms with E-state index in [-0.39, 0.29) is 5.91 Å². The second-order valence-corrected chi connectivity index (χ2v) is 6.00. The van der Waals surface area contributed by atoms with Gasteiger partial charge in [-0.05, 0) is 55.2 Å². The summed E-state index contributed by atoms with van der Waals surface area (Å²) in [6.07, 6.45) is 5.16. The van der Waals surface area contributed by atoms with Gasteiger partial charge in [0.15, 0.2) is 0 Å². The summed E-state index contributed by atoms with van der Waals surface area (Å²) >= 11 is 0. The van der Waals surface area contributed by atoms with Gasteiger partial charge in [0.2, 0.25) is 0 Å². The van der Waals surface area contributed by atoms with Crippen molar-refractivity contribution in [2.24, 2.45) is 17.6 Å². The maximum atomic E-state index is 12.6. The van der Waals surface area contributed by atoms with Crippen LogP contribution in [0.4, 0.5) is 0 Å². The lowest BCUT2D eigenvalue weighted by molar-refractivity contribution is 0.0739. The summed E-state index contributed by atoms with van der Waals surface area (Å²) in [4.78, 5) is 14.7. The molecule has 0 spiro atoms. The molecule has 1 aromatic rings. The number of hydrogen-bond donors (Lipinski definition) is 1. The molecular weight excluding hydrogens is 236 g/mol. The van der Waals surface area contributed by atoms with Crippen molar-refractivity contribution in [2.45, 2.75) is 32.2 Å². The molecular formula is C16H22N2O. The molecule has 3 rings (SSSR count). The summed E-state index contributed by atoms with van der Waals surface area (Å²) in [5.41, 5.74) is 7.48. The topological polar surface area (TPSA) is 46.3 Å². The average molecular weight is 258 g/mol. The Kier molecular flexibility index (Phi) is 3.56. The summed E-state index contributed by atoms with van der Waals surface area (Å²) in [6, 6.07) is 7.76. The van der Waals surface area contributed by atoms with E-state index in [1.807, 2.05) is 24.3 Å². The van der Waals surface area contributed by atoms with Crippen molar-refractivity contribution in [2.75, 3.05) is 13.1 Å². The number of nitrogens with two attached hydrogens (primary N) is 1. The first-order chi connectivity index (χ1) is 9.26. The third-order valence-electron chi connectivity index (χ3n) is 4.05. The van der Waals surface area contributed by atoms with Crippen molar-refractivity contribution >= 4 is 5.91 Å². The van der Waals surface area contributed by atoms with Crippen LogP contribution in [0.2, 0.25) is 0 Å². The lowest BCUT2D eigenvalue weighted by Crippen LogP contribution is -2.34. The van der Waals surface area contributed by atoms with Gasteiger partial charge in [-0.2, -0.15) is 0 Å². The third-order valence-corrected chi connectivity index (χ3v) is 4.05. The summed E-state index contributed by atoms with van der Waals surface area (Å²) < 4.78 is 0. The Morgan fingerprint density at radius 3 is 2.32 bits per heavy atom. The van der Waals surface area contributed by atoms with Crippen LogP contribution in [-0.2, 0) is 6.54 Å². The van der Waals surface area contributed by atoms with Gasteiger partial charge in [-0.25, -0.2) is 0 Å². The number of carbonyl (C=O) groups excluding carboxylic acids is 1. The molecule has 0 radical (unpaired) electrons. The van der Waals surface area contributed by atoms with E-state index in [1.165, 1.54) is 25.7 Å². The molecule has 0 aromatic heterocycles. The Bertz CT molecular complexity index is 450. The van der Waals surface area contributed by atoms with Gasteiger partial charge in [0.25, 0.3) is 5.91 Å². The quantitative estimate of drug-likeness (QED) is 0.851. The number of amides is 1. The summed E-state index contributed by atoms with van der Waals surface area (Å²) in [5, 5.41) is 0. The van der Waals surface area contributed by atoms with E-state index >= 15 is 0 Å². The van der Waals surface area contributed by atoms with Gasteiger partial charge in [0, 0.05) is 25.2 Å². The Balaban J connectivity index is 1.72. The monoisotopic (exact) mass is 258 g/mol. The van der Waals surface area contributed by atoms with Gasteiger partial charge in [-0.15, -0.1) is 0 Å². The second-order valence-electron chi connectivity index (χ2n) is 6.00. The molecule has 2 aliphatic rings. The zero-order valence-electron chi connectivity index (χ0n) is 11.3. The normalized spacial score (nSPS) is 18.4. The van der Waals surface area contributed by atoms with Crippen molar-refractivity contribution in [3.63, 3.8) is 0 Å². The first kappa shape index (κ1) is 12.7. The Morgan fingerprint density at radius 2 is 1.79 bits per heavy atom. The van der Waals surface area contributed by atoms with Crippen LogP contribution in [0.15, 0.2) is 24.3 Å². The van der Waals surface area contributed by atoms with Crippen LogP contribution < -0.4 is 5.73 Å². The molecule has 1 amide bonds. The molecule has 102 valence electrons. The molecule has 2 N–H and O–H groups in total. The predicted octanol–water partition coefficient (Wildman–Crippen LogP) is 2.41. The molecule has 0 saturated heterocycles. The minimum absolute atomic E-state index is 0.189. The van der Waals surface area contributed by atoms with Gasteiger partial charge in [-0.1, -0.05) is 12.1 Å². The first-order valence-electron chi connectivity index (χ1n) is 7.34. The zero-order valence-corrected chi connectivity index (χ0v) is 11.3. The van der Waals surface area contributed by atoms with E-state index in [1.54, 1.807) is 0 Å². The van der Waals surface area contributed by atoms with Gasteiger partial charge >= 0.3 is 0 Å². The van der Waals surface area contributed by atoms with Gasteiger partial charge < -0.3 is 10.6 Å². The maximum absolute atomic E-state index is 12.6. The molecule has 2 fully saturated rings. The van der Waals surface area contributed by atoms with Crippen molar-refractivity contribution in [1.29, 1.82) is 0 Å². The second kappa shape index (κ2) is 5.33. The summed E-state index contributed by atoms with van der Waals surface area (Å²) in [5.74, 6) is 1.69. The van der Waals surface area contributed by atoms with Crippen molar-refractivity contribution in [3.8, 4) is 0 Å². The average Bonchev–Trinajstić information content (AvgIpc) is 3.32. The fourth-order valence-electron chi connectivity index (χ4n) is 2.48. The lowest BCUT2D eigenvalue weighted by atomic mass is 10.1. The molecule has 2 aliphatic carbocycles. The highest BCUT2D eigenvalue weighted by atomic mass is 16.2. The zero-order chi connectivity index (χ0) is 13.2. The van der Waals surface area contributed by atoms with Crippen molar-refractivity contribution in [1.82, 2.24) is 4.90 Å². The highest BCUT2D eigenvalue weighted by Crippen LogP contribution is 2.34. The molecule has 0 bridgehead atoms. The predicted molar refractivity (Wildman–Crippen MR) is 75.7 cm³/mol. The largest absolute Gasteiger partial charge is 0.338 e. The molecule has 3 nitrogen and oxygen atoms in total. The number of carbonyl (C=O) groups is 1. The van der Waals surface area contributed by atoms with Crippen LogP contribution in [0, 0.1) is 11.8 Å².